The van der Waals surface area contributed by atoms with Gasteiger partial charge in [-0.1, -0.05) is 42.5 Å². The molecule has 2 fully saturated rings. The van der Waals surface area contributed by atoms with E-state index in [-0.39, 0.29) is 0 Å². The van der Waals surface area contributed by atoms with Crippen LogP contribution in [-0.2, 0) is 6.61 Å². The molecule has 5 rings (SSSR count). The van der Waals surface area contributed by atoms with Crippen LogP contribution in [0.5, 0.6) is 5.75 Å². The lowest BCUT2D eigenvalue weighted by molar-refractivity contribution is 0.306. The van der Waals surface area contributed by atoms with Crippen LogP contribution in [0.2, 0.25) is 0 Å². The Hall–Kier alpha value is -3.68. The van der Waals surface area contributed by atoms with Crippen molar-refractivity contribution in [2.24, 2.45) is 5.10 Å². The van der Waals surface area contributed by atoms with E-state index in [1.54, 1.807) is 6.21 Å². The molecule has 2 saturated heterocycles. The number of benzene rings is 2. The number of hydrogen-bond donors (Lipinski definition) is 1. The summed E-state index contributed by atoms with van der Waals surface area (Å²) in [5, 5.41) is 4.42. The van der Waals surface area contributed by atoms with Crippen LogP contribution in [-0.4, -0.2) is 47.3 Å². The molecule has 0 unspecified atom stereocenters. The molecule has 1 aromatic heterocycles. The molecule has 8 heteroatoms. The lowest BCUT2D eigenvalue weighted by Crippen LogP contribution is -2.34. The molecule has 3 heterocycles. The van der Waals surface area contributed by atoms with E-state index in [9.17, 15) is 0 Å². The van der Waals surface area contributed by atoms with Crippen molar-refractivity contribution in [3.8, 4) is 5.75 Å². The number of aromatic nitrogens is 3. The van der Waals surface area contributed by atoms with Gasteiger partial charge in [0.1, 0.15) is 12.4 Å². The maximum Gasteiger partial charge on any atom is 0.250 e. The third kappa shape index (κ3) is 6.47. The molecule has 0 spiro atoms. The Morgan fingerprint density at radius 1 is 0.771 bits per heavy atom. The number of hydrazone groups is 1. The first-order chi connectivity index (χ1) is 17.3. The third-order valence-electron chi connectivity index (χ3n) is 6.37. The molecule has 0 saturated carbocycles. The topological polar surface area (TPSA) is 78.8 Å². The Kier molecular flexibility index (Phi) is 7.68. The summed E-state index contributed by atoms with van der Waals surface area (Å²) in [5.74, 6) is 2.77. The van der Waals surface area contributed by atoms with Gasteiger partial charge in [0, 0.05) is 26.2 Å². The van der Waals surface area contributed by atoms with E-state index < -0.39 is 0 Å². The molecule has 0 atom stereocenters. The zero-order chi connectivity index (χ0) is 23.7. The van der Waals surface area contributed by atoms with E-state index in [4.69, 9.17) is 19.7 Å². The summed E-state index contributed by atoms with van der Waals surface area (Å²) >= 11 is 0. The van der Waals surface area contributed by atoms with Gasteiger partial charge in [0.15, 0.2) is 0 Å². The minimum absolute atomic E-state index is 0.480. The smallest absolute Gasteiger partial charge is 0.250 e. The van der Waals surface area contributed by atoms with Crippen molar-refractivity contribution in [3.63, 3.8) is 0 Å². The predicted molar refractivity (Wildman–Crippen MR) is 140 cm³/mol. The molecule has 35 heavy (non-hydrogen) atoms. The number of rotatable bonds is 8. The lowest BCUT2D eigenvalue weighted by Gasteiger charge is -2.30. The highest BCUT2D eigenvalue weighted by atomic mass is 16.5. The number of ether oxygens (including phenoxy) is 1. The van der Waals surface area contributed by atoms with Crippen LogP contribution in [0.15, 0.2) is 59.7 Å². The van der Waals surface area contributed by atoms with E-state index in [1.807, 2.05) is 42.5 Å². The van der Waals surface area contributed by atoms with Gasteiger partial charge in [0.25, 0.3) is 0 Å². The highest BCUT2D eigenvalue weighted by Crippen LogP contribution is 2.22. The number of piperidine rings is 2. The van der Waals surface area contributed by atoms with Gasteiger partial charge in [0.05, 0.1) is 6.21 Å². The third-order valence-corrected chi connectivity index (χ3v) is 6.37. The standard InChI is InChI=1S/C27H33N7O/c1-4-11-22(12-5-1)21-35-24-14-10-13-23(19-24)20-28-32-25-29-26(33-15-6-2-7-16-33)31-27(30-25)34-17-8-3-9-18-34/h1,4-5,10-14,19-20H,2-3,6-9,15-18,21H2,(H,29,30,31,32)/b28-20+. The molecule has 2 aliphatic heterocycles. The summed E-state index contributed by atoms with van der Waals surface area (Å²) in [6, 6.07) is 18.0. The van der Waals surface area contributed by atoms with Crippen molar-refractivity contribution in [1.82, 2.24) is 15.0 Å². The fraction of sp³-hybridized carbons (Fsp3) is 0.407. The molecule has 2 aliphatic rings. The number of nitrogens with one attached hydrogen (secondary N) is 1. The molecule has 0 bridgehead atoms. The molecule has 1 N–H and O–H groups in total. The molecular formula is C27H33N7O. The number of anilines is 3. The van der Waals surface area contributed by atoms with Crippen LogP contribution in [0.25, 0.3) is 0 Å². The summed E-state index contributed by atoms with van der Waals surface area (Å²) in [6.07, 6.45) is 9.00. The second-order valence-corrected chi connectivity index (χ2v) is 9.07. The van der Waals surface area contributed by atoms with Gasteiger partial charge < -0.3 is 14.5 Å². The fourth-order valence-corrected chi connectivity index (χ4v) is 4.46. The van der Waals surface area contributed by atoms with Crippen LogP contribution >= 0.6 is 0 Å². The summed E-state index contributed by atoms with van der Waals surface area (Å²) in [5.41, 5.74) is 5.11. The Balaban J connectivity index is 1.27. The molecular weight excluding hydrogens is 438 g/mol. The summed E-state index contributed by atoms with van der Waals surface area (Å²) in [6.45, 7) is 4.48. The molecule has 0 amide bonds. The second-order valence-electron chi connectivity index (χ2n) is 9.07. The molecule has 8 nitrogen and oxygen atoms in total. The first-order valence-electron chi connectivity index (χ1n) is 12.7. The van der Waals surface area contributed by atoms with Crippen molar-refractivity contribution >= 4 is 24.1 Å². The van der Waals surface area contributed by atoms with E-state index in [0.717, 1.165) is 55.0 Å². The highest BCUT2D eigenvalue weighted by Gasteiger charge is 2.20. The van der Waals surface area contributed by atoms with Crippen molar-refractivity contribution in [1.29, 1.82) is 0 Å². The highest BCUT2D eigenvalue weighted by molar-refractivity contribution is 5.80. The van der Waals surface area contributed by atoms with E-state index in [1.165, 1.54) is 38.5 Å². The minimum Gasteiger partial charge on any atom is -0.489 e. The average Bonchev–Trinajstić information content (AvgIpc) is 2.94. The molecule has 0 radical (unpaired) electrons. The van der Waals surface area contributed by atoms with E-state index >= 15 is 0 Å². The molecule has 182 valence electrons. The van der Waals surface area contributed by atoms with Gasteiger partial charge in [0.2, 0.25) is 17.8 Å². The first-order valence-corrected chi connectivity index (χ1v) is 12.7. The van der Waals surface area contributed by atoms with Gasteiger partial charge in [-0.25, -0.2) is 5.43 Å². The van der Waals surface area contributed by atoms with Gasteiger partial charge in [-0.15, -0.1) is 0 Å². The van der Waals surface area contributed by atoms with Crippen molar-refractivity contribution in [2.75, 3.05) is 41.4 Å². The van der Waals surface area contributed by atoms with Gasteiger partial charge in [-0.3, -0.25) is 0 Å². The molecule has 0 aliphatic carbocycles. The minimum atomic E-state index is 0.480. The Labute approximate surface area is 207 Å². The Morgan fingerprint density at radius 3 is 2.09 bits per heavy atom. The van der Waals surface area contributed by atoms with E-state index in [2.05, 4.69) is 32.5 Å². The second kappa shape index (κ2) is 11.6. The largest absolute Gasteiger partial charge is 0.489 e. The summed E-state index contributed by atoms with van der Waals surface area (Å²) < 4.78 is 5.94. The van der Waals surface area contributed by atoms with E-state index in [0.29, 0.717) is 12.6 Å². The summed E-state index contributed by atoms with van der Waals surface area (Å²) in [4.78, 5) is 18.7. The van der Waals surface area contributed by atoms with Crippen molar-refractivity contribution in [2.45, 2.75) is 45.1 Å². The van der Waals surface area contributed by atoms with Crippen LogP contribution < -0.4 is 20.0 Å². The quantitative estimate of drug-likeness (QED) is 0.371. The fourth-order valence-electron chi connectivity index (χ4n) is 4.46. The van der Waals surface area contributed by atoms with Crippen LogP contribution in [0, 0.1) is 0 Å². The lowest BCUT2D eigenvalue weighted by atomic mass is 10.1. The molecule has 2 aromatic carbocycles. The number of nitrogens with zero attached hydrogens (tertiary/aromatic N) is 6. The monoisotopic (exact) mass is 471 g/mol. The van der Waals surface area contributed by atoms with Gasteiger partial charge in [-0.05, 0) is 61.8 Å². The average molecular weight is 472 g/mol. The maximum atomic E-state index is 5.94. The van der Waals surface area contributed by atoms with Crippen molar-refractivity contribution < 1.29 is 4.74 Å². The van der Waals surface area contributed by atoms with Crippen LogP contribution in [0.1, 0.15) is 49.7 Å². The van der Waals surface area contributed by atoms with Crippen LogP contribution in [0.4, 0.5) is 17.8 Å². The maximum absolute atomic E-state index is 5.94. The number of hydrogen-bond acceptors (Lipinski definition) is 8. The Morgan fingerprint density at radius 2 is 1.43 bits per heavy atom. The Bertz CT molecular complexity index is 1070. The van der Waals surface area contributed by atoms with Crippen molar-refractivity contribution in [3.05, 3.63) is 65.7 Å². The van der Waals surface area contributed by atoms with Crippen LogP contribution in [0.3, 0.4) is 0 Å². The first kappa shape index (κ1) is 23.1. The molecule has 3 aromatic rings. The normalized spacial score (nSPS) is 16.5. The SMILES string of the molecule is C(=N\Nc1nc(N2CCCCC2)nc(N2CCCCC2)n1)/c1cccc(OCc2ccccc2)c1. The zero-order valence-corrected chi connectivity index (χ0v) is 20.1. The van der Waals surface area contributed by atoms with Gasteiger partial charge >= 0.3 is 0 Å². The summed E-state index contributed by atoms with van der Waals surface area (Å²) in [7, 11) is 0. The predicted octanol–water partition coefficient (Wildman–Crippen LogP) is 4.88. The zero-order valence-electron chi connectivity index (χ0n) is 20.1. The van der Waals surface area contributed by atoms with Gasteiger partial charge in [-0.2, -0.15) is 20.1 Å².